The molecule has 2 bridgehead atoms. The molecule has 0 heterocycles. The Morgan fingerprint density at radius 3 is 2.26 bits per heavy atom. The summed E-state index contributed by atoms with van der Waals surface area (Å²) < 4.78 is 30.0. The number of hydrogen-bond acceptors (Lipinski definition) is 5. The van der Waals surface area contributed by atoms with Gasteiger partial charge in [-0.1, -0.05) is 32.9 Å². The molecule has 0 aromatic heterocycles. The third-order valence-corrected chi connectivity index (χ3v) is 7.98. The molecule has 1 aromatic rings. The van der Waals surface area contributed by atoms with Crippen molar-refractivity contribution < 1.29 is 18.1 Å². The second-order valence-electron chi connectivity index (χ2n) is 7.95. The summed E-state index contributed by atoms with van der Waals surface area (Å²) in [6.45, 7) is 10.7. The van der Waals surface area contributed by atoms with Crippen LogP contribution in [0.3, 0.4) is 0 Å². The van der Waals surface area contributed by atoms with E-state index in [2.05, 4.69) is 26.8 Å². The van der Waals surface area contributed by atoms with Crippen molar-refractivity contribution in [3.8, 4) is 6.07 Å². The average Bonchev–Trinajstić information content (AvgIpc) is 2.94. The van der Waals surface area contributed by atoms with E-state index in [0.29, 0.717) is 11.5 Å². The van der Waals surface area contributed by atoms with Gasteiger partial charge in [0.1, 0.15) is 5.76 Å². The molecule has 27 heavy (non-hydrogen) atoms. The predicted octanol–water partition coefficient (Wildman–Crippen LogP) is 5.92. The van der Waals surface area contributed by atoms with Gasteiger partial charge in [-0.25, -0.2) is 4.57 Å². The van der Waals surface area contributed by atoms with Crippen LogP contribution in [0.4, 0.5) is 0 Å². The van der Waals surface area contributed by atoms with E-state index in [9.17, 15) is 4.57 Å². The number of nitrogens with zero attached hydrogens (tertiary/aromatic N) is 1. The Morgan fingerprint density at radius 2 is 1.74 bits per heavy atom. The summed E-state index contributed by atoms with van der Waals surface area (Å²) in [6, 6.07) is 9.67. The quantitative estimate of drug-likeness (QED) is 0.541. The topological polar surface area (TPSA) is 68.6 Å². The summed E-state index contributed by atoms with van der Waals surface area (Å²) in [7, 11) is -3.68. The van der Waals surface area contributed by atoms with Crippen LogP contribution >= 0.6 is 7.82 Å². The molecule has 0 amide bonds. The Bertz CT molecular complexity index is 827. The first-order valence-corrected chi connectivity index (χ1v) is 11.0. The zero-order valence-electron chi connectivity index (χ0n) is 16.7. The predicted molar refractivity (Wildman–Crippen MR) is 105 cm³/mol. The molecule has 5 nitrogen and oxygen atoms in total. The van der Waals surface area contributed by atoms with E-state index < -0.39 is 7.82 Å². The molecular formula is C21H28NO4P. The van der Waals surface area contributed by atoms with Crippen LogP contribution in [0, 0.1) is 28.1 Å². The number of nitriles is 1. The molecule has 0 spiro atoms. The fourth-order valence-corrected chi connectivity index (χ4v) is 5.93. The summed E-state index contributed by atoms with van der Waals surface area (Å²) in [5.41, 5.74) is 2.41. The maximum atomic E-state index is 13.1. The van der Waals surface area contributed by atoms with Gasteiger partial charge in [-0.15, -0.1) is 0 Å². The van der Waals surface area contributed by atoms with Crippen molar-refractivity contribution in [1.82, 2.24) is 0 Å². The Hall–Kier alpha value is -1.60. The van der Waals surface area contributed by atoms with Crippen molar-refractivity contribution in [2.24, 2.45) is 16.7 Å². The minimum absolute atomic E-state index is 0.0329. The van der Waals surface area contributed by atoms with E-state index in [1.54, 1.807) is 13.8 Å². The lowest BCUT2D eigenvalue weighted by Gasteiger charge is -2.37. The molecule has 0 saturated heterocycles. The van der Waals surface area contributed by atoms with E-state index >= 15 is 0 Å². The lowest BCUT2D eigenvalue weighted by molar-refractivity contribution is 0.0909. The zero-order chi connectivity index (χ0) is 19.9. The molecule has 1 saturated carbocycles. The molecule has 1 aromatic carbocycles. The standard InChI is InChI=1S/C21H28NO4P/c1-6-24-27(23,25-7-2)26-19-18(16-10-8-15(14-22)9-11-16)17-12-13-21(19,5)20(17,3)4/h8-11,17H,6-7,12-13H2,1-5H3/t17-,21+/m1/s1. The third kappa shape index (κ3) is 3.14. The number of rotatable bonds is 7. The number of fused-ring (bicyclic) bond motifs is 2. The normalized spacial score (nSPS) is 26.3. The number of hydrogen-bond donors (Lipinski definition) is 0. The molecule has 0 aliphatic heterocycles. The Kier molecular flexibility index (Phi) is 5.29. The van der Waals surface area contributed by atoms with Crippen LogP contribution < -0.4 is 0 Å². The van der Waals surface area contributed by atoms with Gasteiger partial charge in [0.2, 0.25) is 0 Å². The van der Waals surface area contributed by atoms with Gasteiger partial charge in [0.25, 0.3) is 0 Å². The monoisotopic (exact) mass is 389 g/mol. The highest BCUT2D eigenvalue weighted by Crippen LogP contribution is 2.72. The van der Waals surface area contributed by atoms with Gasteiger partial charge in [0.05, 0.1) is 24.8 Å². The van der Waals surface area contributed by atoms with Crippen LogP contribution in [-0.4, -0.2) is 13.2 Å². The highest BCUT2D eigenvalue weighted by Gasteiger charge is 2.63. The Balaban J connectivity index is 2.12. The molecule has 0 unspecified atom stereocenters. The van der Waals surface area contributed by atoms with Crippen LogP contribution in [0.25, 0.3) is 5.57 Å². The number of phosphoric ester groups is 1. The lowest BCUT2D eigenvalue weighted by atomic mass is 9.69. The minimum atomic E-state index is -3.68. The molecular weight excluding hydrogens is 361 g/mol. The van der Waals surface area contributed by atoms with Crippen molar-refractivity contribution in [1.29, 1.82) is 5.26 Å². The molecule has 0 N–H and O–H groups in total. The smallest absolute Gasteiger partial charge is 0.408 e. The summed E-state index contributed by atoms with van der Waals surface area (Å²) in [4.78, 5) is 0. The first-order valence-electron chi connectivity index (χ1n) is 9.56. The van der Waals surface area contributed by atoms with Crippen molar-refractivity contribution in [3.63, 3.8) is 0 Å². The van der Waals surface area contributed by atoms with Gasteiger partial charge < -0.3 is 4.52 Å². The van der Waals surface area contributed by atoms with Gasteiger partial charge in [-0.3, -0.25) is 9.05 Å². The maximum Gasteiger partial charge on any atom is 0.529 e. The van der Waals surface area contributed by atoms with Crippen molar-refractivity contribution in [2.45, 2.75) is 47.5 Å². The van der Waals surface area contributed by atoms with Crippen LogP contribution in [0.5, 0.6) is 0 Å². The van der Waals surface area contributed by atoms with Gasteiger partial charge in [-0.05, 0) is 55.7 Å². The van der Waals surface area contributed by atoms with E-state index in [4.69, 9.17) is 18.8 Å². The van der Waals surface area contributed by atoms with Crippen molar-refractivity contribution >= 4 is 13.4 Å². The number of benzene rings is 1. The molecule has 0 radical (unpaired) electrons. The first-order chi connectivity index (χ1) is 12.7. The van der Waals surface area contributed by atoms with Crippen LogP contribution in [0.15, 0.2) is 30.0 Å². The zero-order valence-corrected chi connectivity index (χ0v) is 17.6. The van der Waals surface area contributed by atoms with E-state index in [0.717, 1.165) is 29.7 Å². The number of allylic oxidation sites excluding steroid dienone is 2. The van der Waals surface area contributed by atoms with Crippen LogP contribution in [0.1, 0.15) is 58.6 Å². The second-order valence-corrected chi connectivity index (χ2v) is 9.54. The molecule has 1 fully saturated rings. The summed E-state index contributed by atoms with van der Waals surface area (Å²) in [6.07, 6.45) is 2.03. The molecule has 146 valence electrons. The maximum absolute atomic E-state index is 13.1. The fourth-order valence-electron chi connectivity index (χ4n) is 4.59. The van der Waals surface area contributed by atoms with Gasteiger partial charge >= 0.3 is 7.82 Å². The molecule has 2 atom stereocenters. The molecule has 6 heteroatoms. The first kappa shape index (κ1) is 20.1. The van der Waals surface area contributed by atoms with E-state index in [-0.39, 0.29) is 24.0 Å². The minimum Gasteiger partial charge on any atom is -0.408 e. The highest BCUT2D eigenvalue weighted by molar-refractivity contribution is 7.48. The Labute approximate surface area is 161 Å². The summed E-state index contributed by atoms with van der Waals surface area (Å²) in [5.74, 6) is 1.01. The van der Waals surface area contributed by atoms with Gasteiger partial charge in [-0.2, -0.15) is 5.26 Å². The molecule has 2 aliphatic carbocycles. The second kappa shape index (κ2) is 7.09. The summed E-state index contributed by atoms with van der Waals surface area (Å²) >= 11 is 0. The van der Waals surface area contributed by atoms with E-state index in [1.165, 1.54) is 0 Å². The third-order valence-electron chi connectivity index (χ3n) is 6.42. The lowest BCUT2D eigenvalue weighted by Crippen LogP contribution is -2.30. The van der Waals surface area contributed by atoms with Crippen molar-refractivity contribution in [3.05, 3.63) is 41.2 Å². The van der Waals surface area contributed by atoms with Gasteiger partial charge in [0, 0.05) is 11.0 Å². The molecule has 2 aliphatic rings. The summed E-state index contributed by atoms with van der Waals surface area (Å²) in [5, 5.41) is 9.09. The fraction of sp³-hybridized carbons (Fsp3) is 0.571. The Morgan fingerprint density at radius 1 is 1.15 bits per heavy atom. The van der Waals surface area contributed by atoms with Gasteiger partial charge in [0.15, 0.2) is 0 Å². The highest BCUT2D eigenvalue weighted by atomic mass is 31.2. The van der Waals surface area contributed by atoms with E-state index in [1.807, 2.05) is 24.3 Å². The van der Waals surface area contributed by atoms with Crippen LogP contribution in [-0.2, 0) is 18.1 Å². The largest absolute Gasteiger partial charge is 0.529 e. The van der Waals surface area contributed by atoms with Crippen LogP contribution in [0.2, 0.25) is 0 Å². The SMILES string of the molecule is CCOP(=O)(OCC)OC1=C(c2ccc(C#N)cc2)[C@H]2CC[C@]1(C)C2(C)C. The average molecular weight is 389 g/mol. The molecule has 3 rings (SSSR count). The van der Waals surface area contributed by atoms with Crippen molar-refractivity contribution in [2.75, 3.05) is 13.2 Å². The number of phosphoric acid groups is 1.